The summed E-state index contributed by atoms with van der Waals surface area (Å²) in [6, 6.07) is 10.4. The smallest absolute Gasteiger partial charge is 0.230 e. The van der Waals surface area contributed by atoms with E-state index < -0.39 is 29.6 Å². The maximum atomic E-state index is 14.5. The molecule has 41 heavy (non-hydrogen) atoms. The van der Waals surface area contributed by atoms with Gasteiger partial charge in [0.15, 0.2) is 5.82 Å². The largest absolute Gasteiger partial charge is 0.378 e. The van der Waals surface area contributed by atoms with Crippen LogP contribution < -0.4 is 0 Å². The number of carbonyl (C=O) groups excluding carboxylic acids is 2. The van der Waals surface area contributed by atoms with Crippen LogP contribution in [0.15, 0.2) is 48.6 Å². The number of aromatic nitrogens is 4. The van der Waals surface area contributed by atoms with Gasteiger partial charge in [-0.05, 0) is 47.5 Å². The molecule has 5 atom stereocenters. The highest BCUT2D eigenvalue weighted by atomic mass is 35.5. The highest BCUT2D eigenvalue weighted by molar-refractivity contribution is 6.35. The van der Waals surface area contributed by atoms with Crippen LogP contribution in [-0.2, 0) is 19.1 Å². The first-order valence-electron chi connectivity index (χ1n) is 13.6. The van der Waals surface area contributed by atoms with E-state index in [1.165, 1.54) is 0 Å². The number of halogens is 2. The highest BCUT2D eigenvalue weighted by Crippen LogP contribution is 2.54. The number of benzene rings is 2. The minimum Gasteiger partial charge on any atom is -0.378 e. The first kappa shape index (κ1) is 26.6. The van der Waals surface area contributed by atoms with E-state index in [1.54, 1.807) is 32.7 Å². The standard InChI is InChI=1S/C29H28Cl2N6O4/c1-16-4-3-5-17(2)24(16)37-26(32-33-34-37)25(19-7-6-18(30)14-20(19)31)36-15-29-9-8-21(41-29)22(23(29)28(36)39)27(38)35-10-12-40-13-11-35/h3-9,14,21-23,25H,10-13,15H2,1-2H3/t21-,22+,23-,25+,29-/m1/s1. The van der Waals surface area contributed by atoms with Crippen molar-refractivity contribution in [2.24, 2.45) is 11.8 Å². The average molecular weight is 595 g/mol. The van der Waals surface area contributed by atoms with Crippen molar-refractivity contribution in [3.8, 4) is 5.69 Å². The number of para-hydroxylation sites is 1. The van der Waals surface area contributed by atoms with Crippen LogP contribution in [0, 0.1) is 25.7 Å². The average Bonchev–Trinajstić information content (AvgIpc) is 3.72. The molecule has 12 heteroatoms. The Bertz CT molecular complexity index is 1570. The molecule has 1 spiro atoms. The summed E-state index contributed by atoms with van der Waals surface area (Å²) in [6.45, 7) is 6.15. The van der Waals surface area contributed by atoms with Crippen LogP contribution in [0.2, 0.25) is 10.0 Å². The molecule has 4 aliphatic rings. The molecular formula is C29H28Cl2N6O4. The number of morpholine rings is 1. The van der Waals surface area contributed by atoms with Crippen LogP contribution in [0.1, 0.15) is 28.6 Å². The van der Waals surface area contributed by atoms with E-state index in [9.17, 15) is 9.59 Å². The minimum absolute atomic E-state index is 0.0776. The first-order chi connectivity index (χ1) is 19.8. The molecule has 3 aromatic rings. The first-order valence-corrected chi connectivity index (χ1v) is 14.4. The van der Waals surface area contributed by atoms with E-state index in [1.807, 2.05) is 44.2 Å². The second-order valence-electron chi connectivity index (χ2n) is 11.1. The lowest BCUT2D eigenvalue weighted by atomic mass is 9.76. The zero-order valence-corrected chi connectivity index (χ0v) is 24.0. The summed E-state index contributed by atoms with van der Waals surface area (Å²) in [7, 11) is 0. The molecule has 0 radical (unpaired) electrons. The third-order valence-corrected chi connectivity index (χ3v) is 9.26. The van der Waals surface area contributed by atoms with Gasteiger partial charge in [0.05, 0.1) is 43.4 Å². The van der Waals surface area contributed by atoms with Crippen molar-refractivity contribution in [2.75, 3.05) is 32.8 Å². The van der Waals surface area contributed by atoms with E-state index in [2.05, 4.69) is 15.5 Å². The van der Waals surface area contributed by atoms with Gasteiger partial charge < -0.3 is 19.3 Å². The molecule has 7 rings (SSSR count). The van der Waals surface area contributed by atoms with Gasteiger partial charge in [-0.3, -0.25) is 9.59 Å². The fraction of sp³-hybridized carbons (Fsp3) is 0.414. The van der Waals surface area contributed by atoms with E-state index in [4.69, 9.17) is 32.7 Å². The summed E-state index contributed by atoms with van der Waals surface area (Å²) in [6.07, 6.45) is 3.42. The van der Waals surface area contributed by atoms with Crippen LogP contribution in [0.3, 0.4) is 0 Å². The Morgan fingerprint density at radius 1 is 1.12 bits per heavy atom. The van der Waals surface area contributed by atoms with Crippen molar-refractivity contribution >= 4 is 35.0 Å². The van der Waals surface area contributed by atoms with Crippen molar-refractivity contribution in [3.05, 3.63) is 81.1 Å². The van der Waals surface area contributed by atoms with Crippen LogP contribution in [0.5, 0.6) is 0 Å². The summed E-state index contributed by atoms with van der Waals surface area (Å²) in [5.74, 6) is -1.15. The lowest BCUT2D eigenvalue weighted by molar-refractivity contribution is -0.146. The molecule has 3 fully saturated rings. The summed E-state index contributed by atoms with van der Waals surface area (Å²) >= 11 is 13.1. The summed E-state index contributed by atoms with van der Waals surface area (Å²) in [4.78, 5) is 31.8. The van der Waals surface area contributed by atoms with Crippen molar-refractivity contribution in [3.63, 3.8) is 0 Å². The summed E-state index contributed by atoms with van der Waals surface area (Å²) < 4.78 is 13.6. The van der Waals surface area contributed by atoms with Gasteiger partial charge >= 0.3 is 0 Å². The number of carbonyl (C=O) groups is 2. The van der Waals surface area contributed by atoms with Crippen molar-refractivity contribution in [2.45, 2.75) is 31.6 Å². The number of hydrogen-bond donors (Lipinski definition) is 0. The predicted octanol–water partition coefficient (Wildman–Crippen LogP) is 3.32. The Balaban J connectivity index is 1.34. The van der Waals surface area contributed by atoms with Gasteiger partial charge in [-0.1, -0.05) is 59.6 Å². The maximum Gasteiger partial charge on any atom is 0.230 e. The number of aryl methyl sites for hydroxylation is 2. The molecule has 3 saturated heterocycles. The van der Waals surface area contributed by atoms with Crippen LogP contribution in [0.4, 0.5) is 0 Å². The number of likely N-dealkylation sites (tertiary alicyclic amines) is 1. The normalized spacial score (nSPS) is 27.5. The van der Waals surface area contributed by atoms with Gasteiger partial charge in [0.2, 0.25) is 11.8 Å². The Hall–Kier alpha value is -3.31. The molecule has 2 amide bonds. The van der Waals surface area contributed by atoms with Gasteiger partial charge in [0.1, 0.15) is 11.6 Å². The molecule has 0 N–H and O–H groups in total. The van der Waals surface area contributed by atoms with E-state index >= 15 is 0 Å². The predicted molar refractivity (Wildman–Crippen MR) is 150 cm³/mol. The van der Waals surface area contributed by atoms with Crippen molar-refractivity contribution < 1.29 is 19.1 Å². The zero-order chi connectivity index (χ0) is 28.5. The van der Waals surface area contributed by atoms with Crippen molar-refractivity contribution in [1.82, 2.24) is 30.0 Å². The van der Waals surface area contributed by atoms with E-state index in [0.717, 1.165) is 16.8 Å². The Labute approximate surface area is 246 Å². The van der Waals surface area contributed by atoms with Gasteiger partial charge in [0, 0.05) is 28.7 Å². The molecule has 0 unspecified atom stereocenters. The van der Waals surface area contributed by atoms with Crippen LogP contribution in [-0.4, -0.2) is 86.4 Å². The molecule has 1 aromatic heterocycles. The van der Waals surface area contributed by atoms with Crippen LogP contribution in [0.25, 0.3) is 5.69 Å². The monoisotopic (exact) mass is 594 g/mol. The molecule has 0 aliphatic carbocycles. The molecule has 212 valence electrons. The third kappa shape index (κ3) is 4.11. The Kier molecular flexibility index (Phi) is 6.42. The molecule has 4 aliphatic heterocycles. The third-order valence-electron chi connectivity index (χ3n) is 8.70. The second-order valence-corrected chi connectivity index (χ2v) is 11.9. The highest BCUT2D eigenvalue weighted by Gasteiger charge is 2.68. The quantitative estimate of drug-likeness (QED) is 0.417. The van der Waals surface area contributed by atoms with E-state index in [0.29, 0.717) is 47.7 Å². The number of rotatable bonds is 5. The van der Waals surface area contributed by atoms with Gasteiger partial charge in [-0.25, -0.2) is 0 Å². The molecule has 10 nitrogen and oxygen atoms in total. The maximum absolute atomic E-state index is 14.5. The Morgan fingerprint density at radius 2 is 1.88 bits per heavy atom. The molecular weight excluding hydrogens is 567 g/mol. The summed E-state index contributed by atoms with van der Waals surface area (Å²) in [5.41, 5.74) is 2.47. The minimum atomic E-state index is -0.928. The fourth-order valence-electron chi connectivity index (χ4n) is 6.86. The van der Waals surface area contributed by atoms with Gasteiger partial charge in [-0.2, -0.15) is 4.68 Å². The molecule has 2 aromatic carbocycles. The zero-order valence-electron chi connectivity index (χ0n) is 22.5. The lowest BCUT2D eigenvalue weighted by Crippen LogP contribution is -2.49. The number of fused-ring (bicyclic) bond motifs is 1. The van der Waals surface area contributed by atoms with Crippen LogP contribution >= 0.6 is 23.2 Å². The lowest BCUT2D eigenvalue weighted by Gasteiger charge is -2.33. The number of nitrogens with zero attached hydrogens (tertiary/aromatic N) is 6. The molecule has 2 bridgehead atoms. The van der Waals surface area contributed by atoms with Crippen molar-refractivity contribution in [1.29, 1.82) is 0 Å². The molecule has 5 heterocycles. The number of hydrogen-bond acceptors (Lipinski definition) is 7. The van der Waals surface area contributed by atoms with Gasteiger partial charge in [0.25, 0.3) is 0 Å². The number of ether oxygens (including phenoxy) is 2. The summed E-state index contributed by atoms with van der Waals surface area (Å²) in [5, 5.41) is 13.7. The second kappa shape index (κ2) is 9.90. The molecule has 0 saturated carbocycles. The fourth-order valence-corrected chi connectivity index (χ4v) is 7.37. The number of amides is 2. The number of tetrazole rings is 1. The van der Waals surface area contributed by atoms with Gasteiger partial charge in [-0.15, -0.1) is 5.10 Å². The topological polar surface area (TPSA) is 103 Å². The SMILES string of the molecule is Cc1cccc(C)c1-n1nnnc1[C@H](c1ccc(Cl)cc1Cl)N1C[C@@]23C=C[C@@H](O2)[C@H](C(=O)N2CCOCC2)[C@@H]3C1=O. The van der Waals surface area contributed by atoms with E-state index in [-0.39, 0.29) is 18.4 Å². The Morgan fingerprint density at radius 3 is 2.61 bits per heavy atom.